The minimum Gasteiger partial charge on any atom is -0.322 e. The zero-order valence-corrected chi connectivity index (χ0v) is 15.2. The second-order valence-corrected chi connectivity index (χ2v) is 7.63. The number of fused-ring (bicyclic) bond motifs is 2. The number of benzene rings is 2. The number of nitrogens with two attached hydrogens (primary N) is 1. The number of nitrogens with zero attached hydrogens (tertiary/aromatic N) is 2. The number of anilines is 1. The van der Waals surface area contributed by atoms with Crippen LogP contribution in [-0.2, 0) is 10.0 Å². The van der Waals surface area contributed by atoms with Crippen LogP contribution in [0.1, 0.15) is 10.4 Å². The molecule has 0 aliphatic carbocycles. The molecule has 0 unspecified atom stereocenters. The molecule has 0 atom stereocenters. The first-order valence-electron chi connectivity index (χ1n) is 8.19. The van der Waals surface area contributed by atoms with E-state index < -0.39 is 15.9 Å². The first-order valence-corrected chi connectivity index (χ1v) is 9.73. The normalized spacial score (nSPS) is 11.6. The van der Waals surface area contributed by atoms with Crippen LogP contribution >= 0.6 is 0 Å². The van der Waals surface area contributed by atoms with Crippen LogP contribution in [0.4, 0.5) is 5.69 Å². The topological polar surface area (TPSA) is 124 Å². The molecular weight excluding hydrogens is 380 g/mol. The molecule has 4 aromatic rings. The Balaban J connectivity index is 1.76. The maximum absolute atomic E-state index is 12.7. The Morgan fingerprint density at radius 1 is 1.00 bits per heavy atom. The minimum atomic E-state index is -3.82. The van der Waals surface area contributed by atoms with Crippen LogP contribution in [0.15, 0.2) is 76.6 Å². The van der Waals surface area contributed by atoms with Gasteiger partial charge in [0.2, 0.25) is 10.0 Å². The predicted octanol–water partition coefficient (Wildman–Crippen LogP) is 1.75. The summed E-state index contributed by atoms with van der Waals surface area (Å²) in [5.74, 6) is -0.483. The van der Waals surface area contributed by atoms with Gasteiger partial charge >= 0.3 is 0 Å². The van der Waals surface area contributed by atoms with Crippen LogP contribution in [0.3, 0.4) is 0 Å². The highest BCUT2D eigenvalue weighted by Gasteiger charge is 2.15. The van der Waals surface area contributed by atoms with Crippen molar-refractivity contribution in [2.75, 3.05) is 5.32 Å². The van der Waals surface area contributed by atoms with Crippen molar-refractivity contribution in [3.63, 3.8) is 0 Å². The lowest BCUT2D eigenvalue weighted by Crippen LogP contribution is -2.20. The number of carbonyl (C=O) groups excluding carboxylic acids is 1. The van der Waals surface area contributed by atoms with Crippen LogP contribution in [-0.4, -0.2) is 23.7 Å². The zero-order valence-electron chi connectivity index (χ0n) is 14.4. The number of hydrogen-bond donors (Lipinski definition) is 2. The standard InChI is InChI=1S/C19H14N4O4S/c20-28(26,27)13-9-7-12(8-10-13)21-18(24)15-5-3-11-23-17(15)22-16-6-2-1-4-14(16)19(23)25/h1-11H,(H,21,24)(H2,20,26,27). The first kappa shape index (κ1) is 17.8. The maximum Gasteiger partial charge on any atom is 0.265 e. The molecule has 140 valence electrons. The molecule has 9 heteroatoms. The highest BCUT2D eigenvalue weighted by Crippen LogP contribution is 2.16. The average Bonchev–Trinajstić information content (AvgIpc) is 2.67. The van der Waals surface area contributed by atoms with Crippen molar-refractivity contribution >= 4 is 38.2 Å². The van der Waals surface area contributed by atoms with Gasteiger partial charge in [0.15, 0.2) is 5.65 Å². The van der Waals surface area contributed by atoms with Crippen molar-refractivity contribution in [1.82, 2.24) is 9.38 Å². The molecule has 28 heavy (non-hydrogen) atoms. The Hall–Kier alpha value is -3.56. The number of sulfonamides is 1. The summed E-state index contributed by atoms with van der Waals surface area (Å²) in [5, 5.41) is 8.19. The number of primary sulfonamides is 1. The van der Waals surface area contributed by atoms with Crippen molar-refractivity contribution in [3.05, 3.63) is 82.8 Å². The van der Waals surface area contributed by atoms with Crippen molar-refractivity contribution in [1.29, 1.82) is 0 Å². The van der Waals surface area contributed by atoms with Gasteiger partial charge in [0.05, 0.1) is 21.4 Å². The van der Waals surface area contributed by atoms with E-state index in [4.69, 9.17) is 5.14 Å². The van der Waals surface area contributed by atoms with E-state index in [1.54, 1.807) is 42.6 Å². The molecule has 4 rings (SSSR count). The van der Waals surface area contributed by atoms with Crippen LogP contribution < -0.4 is 16.0 Å². The van der Waals surface area contributed by atoms with Crippen LogP contribution in [0.2, 0.25) is 0 Å². The number of aromatic nitrogens is 2. The van der Waals surface area contributed by atoms with E-state index >= 15 is 0 Å². The van der Waals surface area contributed by atoms with Gasteiger partial charge in [-0.2, -0.15) is 0 Å². The van der Waals surface area contributed by atoms with E-state index in [9.17, 15) is 18.0 Å². The van der Waals surface area contributed by atoms with Gasteiger partial charge in [-0.05, 0) is 48.5 Å². The van der Waals surface area contributed by atoms with E-state index in [2.05, 4.69) is 10.3 Å². The number of carbonyl (C=O) groups is 1. The summed E-state index contributed by atoms with van der Waals surface area (Å²) in [5.41, 5.74) is 1.03. The number of hydrogen-bond acceptors (Lipinski definition) is 5. The number of pyridine rings is 1. The van der Waals surface area contributed by atoms with Crippen molar-refractivity contribution in [2.45, 2.75) is 4.90 Å². The third kappa shape index (κ3) is 3.13. The van der Waals surface area contributed by atoms with Crippen molar-refractivity contribution < 1.29 is 13.2 Å². The third-order valence-corrected chi connectivity index (χ3v) is 5.16. The lowest BCUT2D eigenvalue weighted by atomic mass is 10.2. The highest BCUT2D eigenvalue weighted by atomic mass is 32.2. The van der Waals surface area contributed by atoms with E-state index in [1.807, 2.05) is 0 Å². The summed E-state index contributed by atoms with van der Waals surface area (Å²) in [7, 11) is -3.82. The average molecular weight is 394 g/mol. The maximum atomic E-state index is 12.7. The summed E-state index contributed by atoms with van der Waals surface area (Å²) < 4.78 is 24.0. The van der Waals surface area contributed by atoms with Gasteiger partial charge in [-0.1, -0.05) is 12.1 Å². The molecule has 0 aliphatic rings. The van der Waals surface area contributed by atoms with Gasteiger partial charge in [-0.3, -0.25) is 14.0 Å². The quantitative estimate of drug-likeness (QED) is 0.512. The number of para-hydroxylation sites is 1. The van der Waals surface area contributed by atoms with Gasteiger partial charge in [0, 0.05) is 11.9 Å². The molecular formula is C19H14N4O4S. The third-order valence-electron chi connectivity index (χ3n) is 4.23. The predicted molar refractivity (Wildman–Crippen MR) is 105 cm³/mol. The van der Waals surface area contributed by atoms with Crippen LogP contribution in [0.5, 0.6) is 0 Å². The van der Waals surface area contributed by atoms with Gasteiger partial charge in [-0.15, -0.1) is 0 Å². The van der Waals surface area contributed by atoms with Gasteiger partial charge < -0.3 is 5.32 Å². The molecule has 2 aromatic carbocycles. The van der Waals surface area contributed by atoms with Crippen LogP contribution in [0, 0.1) is 0 Å². The number of nitrogens with one attached hydrogen (secondary N) is 1. The summed E-state index contributed by atoms with van der Waals surface area (Å²) in [6.07, 6.45) is 1.55. The van der Waals surface area contributed by atoms with E-state index in [0.29, 0.717) is 16.6 Å². The molecule has 2 aromatic heterocycles. The molecule has 0 aliphatic heterocycles. The zero-order chi connectivity index (χ0) is 19.9. The SMILES string of the molecule is NS(=O)(=O)c1ccc(NC(=O)c2cccn3c(=O)c4ccccc4nc23)cc1. The Kier molecular flexibility index (Phi) is 4.17. The largest absolute Gasteiger partial charge is 0.322 e. The van der Waals surface area contributed by atoms with Gasteiger partial charge in [0.25, 0.3) is 11.5 Å². The molecule has 0 bridgehead atoms. The molecule has 0 fully saturated rings. The Labute approximate surface area is 159 Å². The second-order valence-electron chi connectivity index (χ2n) is 6.07. The van der Waals surface area contributed by atoms with Gasteiger partial charge in [0.1, 0.15) is 0 Å². The molecule has 1 amide bonds. The first-order chi connectivity index (χ1) is 13.3. The lowest BCUT2D eigenvalue weighted by Gasteiger charge is -2.09. The molecule has 0 saturated carbocycles. The smallest absolute Gasteiger partial charge is 0.265 e. The summed E-state index contributed by atoms with van der Waals surface area (Å²) >= 11 is 0. The fourth-order valence-electron chi connectivity index (χ4n) is 2.88. The van der Waals surface area contributed by atoms with E-state index in [1.165, 1.54) is 28.7 Å². The molecule has 2 heterocycles. The van der Waals surface area contributed by atoms with Gasteiger partial charge in [-0.25, -0.2) is 18.5 Å². The molecule has 8 nitrogen and oxygen atoms in total. The Bertz CT molecular complexity index is 1390. The summed E-state index contributed by atoms with van der Waals surface area (Å²) in [4.78, 5) is 29.8. The molecule has 0 spiro atoms. The molecule has 0 radical (unpaired) electrons. The fourth-order valence-corrected chi connectivity index (χ4v) is 3.39. The summed E-state index contributed by atoms with van der Waals surface area (Å²) in [6, 6.07) is 15.5. The van der Waals surface area contributed by atoms with E-state index in [0.717, 1.165) is 0 Å². The number of amides is 1. The molecule has 3 N–H and O–H groups in total. The summed E-state index contributed by atoms with van der Waals surface area (Å²) in [6.45, 7) is 0. The fraction of sp³-hybridized carbons (Fsp3) is 0. The number of rotatable bonds is 3. The minimum absolute atomic E-state index is 0.0599. The molecule has 0 saturated heterocycles. The Morgan fingerprint density at radius 2 is 1.71 bits per heavy atom. The second kappa shape index (κ2) is 6.55. The van der Waals surface area contributed by atoms with Crippen molar-refractivity contribution in [3.8, 4) is 0 Å². The van der Waals surface area contributed by atoms with E-state index in [-0.39, 0.29) is 21.7 Å². The van der Waals surface area contributed by atoms with Crippen molar-refractivity contribution in [2.24, 2.45) is 5.14 Å². The van der Waals surface area contributed by atoms with Crippen LogP contribution in [0.25, 0.3) is 16.6 Å². The monoisotopic (exact) mass is 394 g/mol. The lowest BCUT2D eigenvalue weighted by molar-refractivity contribution is 0.102. The Morgan fingerprint density at radius 3 is 2.43 bits per heavy atom. The highest BCUT2D eigenvalue weighted by molar-refractivity contribution is 7.89.